The second-order valence-electron chi connectivity index (χ2n) is 4.76. The molecule has 20 heavy (non-hydrogen) atoms. The third-order valence-corrected chi connectivity index (χ3v) is 2.64. The monoisotopic (exact) mass is 278 g/mol. The van der Waals surface area contributed by atoms with E-state index in [0.29, 0.717) is 24.9 Å². The van der Waals surface area contributed by atoms with E-state index in [-0.39, 0.29) is 18.2 Å². The Morgan fingerprint density at radius 1 is 1.30 bits per heavy atom. The van der Waals surface area contributed by atoms with E-state index in [1.54, 1.807) is 0 Å². The van der Waals surface area contributed by atoms with E-state index < -0.39 is 0 Å². The molecule has 0 radical (unpaired) electrons. The van der Waals surface area contributed by atoms with Gasteiger partial charge in [-0.2, -0.15) is 20.2 Å². The van der Waals surface area contributed by atoms with Crippen molar-refractivity contribution in [2.24, 2.45) is 0 Å². The molecule has 7 nitrogen and oxygen atoms in total. The average molecular weight is 278 g/mol. The van der Waals surface area contributed by atoms with Crippen LogP contribution >= 0.6 is 0 Å². The van der Waals surface area contributed by atoms with Crippen molar-refractivity contribution in [2.45, 2.75) is 46.3 Å². The van der Waals surface area contributed by atoms with Gasteiger partial charge in [-0.1, -0.05) is 0 Å². The molecular weight excluding hydrogens is 256 g/mol. The topological polar surface area (TPSA) is 87.0 Å². The summed E-state index contributed by atoms with van der Waals surface area (Å²) in [5.74, 6) is 0.971. The lowest BCUT2D eigenvalue weighted by atomic mass is 10.2. The van der Waals surface area contributed by atoms with Crippen LogP contribution in [0.5, 0.6) is 6.01 Å². The maximum absolute atomic E-state index is 8.78. The fourth-order valence-corrected chi connectivity index (χ4v) is 1.47. The summed E-state index contributed by atoms with van der Waals surface area (Å²) in [4.78, 5) is 14.7. The zero-order valence-corrected chi connectivity index (χ0v) is 12.7. The van der Waals surface area contributed by atoms with Gasteiger partial charge in [0.25, 0.3) is 0 Å². The van der Waals surface area contributed by atoms with Crippen molar-refractivity contribution in [3.05, 3.63) is 0 Å². The zero-order chi connectivity index (χ0) is 15.1. The number of ether oxygens (including phenoxy) is 1. The lowest BCUT2D eigenvalue weighted by molar-refractivity contribution is 0.222. The maximum atomic E-state index is 8.78. The van der Waals surface area contributed by atoms with Crippen molar-refractivity contribution in [3.8, 4) is 12.1 Å². The van der Waals surface area contributed by atoms with Crippen LogP contribution in [0.2, 0.25) is 0 Å². The Balaban J connectivity index is 3.04. The van der Waals surface area contributed by atoms with Gasteiger partial charge in [0, 0.05) is 19.6 Å². The van der Waals surface area contributed by atoms with E-state index in [9.17, 15) is 0 Å². The van der Waals surface area contributed by atoms with Crippen LogP contribution in [-0.2, 0) is 0 Å². The van der Waals surface area contributed by atoms with E-state index in [4.69, 9.17) is 10.00 Å². The van der Waals surface area contributed by atoms with Gasteiger partial charge in [-0.3, -0.25) is 0 Å². The summed E-state index contributed by atoms with van der Waals surface area (Å²) < 4.78 is 5.54. The largest absolute Gasteiger partial charge is 0.461 e. The van der Waals surface area contributed by atoms with Crippen LogP contribution in [-0.4, -0.2) is 40.7 Å². The molecule has 0 spiro atoms. The molecular formula is C13H22N6O. The van der Waals surface area contributed by atoms with E-state index >= 15 is 0 Å². The summed E-state index contributed by atoms with van der Waals surface area (Å²) in [6.07, 6.45) is 0.389. The summed E-state index contributed by atoms with van der Waals surface area (Å²) in [6, 6.07) is 2.45. The van der Waals surface area contributed by atoms with Gasteiger partial charge in [0.05, 0.1) is 18.6 Å². The van der Waals surface area contributed by atoms with Crippen molar-refractivity contribution < 1.29 is 4.74 Å². The Kier molecular flexibility index (Phi) is 5.97. The minimum Gasteiger partial charge on any atom is -0.461 e. The van der Waals surface area contributed by atoms with Crippen molar-refractivity contribution in [1.82, 2.24) is 15.0 Å². The molecule has 1 atom stereocenters. The first-order valence-electron chi connectivity index (χ1n) is 6.74. The minimum atomic E-state index is -0.0124. The molecule has 0 bridgehead atoms. The van der Waals surface area contributed by atoms with Crippen LogP contribution in [0.1, 0.15) is 34.1 Å². The Morgan fingerprint density at radius 2 is 2.00 bits per heavy atom. The second-order valence-corrected chi connectivity index (χ2v) is 4.76. The van der Waals surface area contributed by atoms with Crippen molar-refractivity contribution in [2.75, 3.05) is 23.8 Å². The first kappa shape index (κ1) is 16.0. The van der Waals surface area contributed by atoms with Crippen LogP contribution in [0, 0.1) is 11.3 Å². The molecule has 1 aromatic rings. The number of nitrogens with zero attached hydrogens (tertiary/aromatic N) is 5. The van der Waals surface area contributed by atoms with Gasteiger partial charge in [0.2, 0.25) is 11.9 Å². The van der Waals surface area contributed by atoms with Gasteiger partial charge in [-0.15, -0.1) is 0 Å². The van der Waals surface area contributed by atoms with E-state index in [0.717, 1.165) is 0 Å². The zero-order valence-electron chi connectivity index (χ0n) is 12.7. The second kappa shape index (κ2) is 7.48. The van der Waals surface area contributed by atoms with Crippen LogP contribution in [0.15, 0.2) is 0 Å². The Hall–Kier alpha value is -2.10. The molecule has 0 fully saturated rings. The SMILES string of the molecule is CCNc1nc(OC(C)C)nc(N(C)C(C)CC#N)n1. The molecule has 1 heterocycles. The fourth-order valence-electron chi connectivity index (χ4n) is 1.47. The Morgan fingerprint density at radius 3 is 2.55 bits per heavy atom. The van der Waals surface area contributed by atoms with Crippen LogP contribution in [0.3, 0.4) is 0 Å². The number of anilines is 2. The number of hydrogen-bond donors (Lipinski definition) is 1. The first-order chi connectivity index (χ1) is 9.47. The molecule has 0 saturated carbocycles. The van der Waals surface area contributed by atoms with Gasteiger partial charge >= 0.3 is 6.01 Å². The highest BCUT2D eigenvalue weighted by Crippen LogP contribution is 2.17. The van der Waals surface area contributed by atoms with Crippen molar-refractivity contribution in [3.63, 3.8) is 0 Å². The normalized spacial score (nSPS) is 11.8. The van der Waals surface area contributed by atoms with Crippen LogP contribution < -0.4 is 15.0 Å². The summed E-state index contributed by atoms with van der Waals surface area (Å²) in [7, 11) is 1.85. The highest BCUT2D eigenvalue weighted by atomic mass is 16.5. The Labute approximate surface area is 120 Å². The maximum Gasteiger partial charge on any atom is 0.323 e. The molecule has 1 rings (SSSR count). The quantitative estimate of drug-likeness (QED) is 0.814. The lowest BCUT2D eigenvalue weighted by Crippen LogP contribution is -2.30. The Bertz CT molecular complexity index is 470. The highest BCUT2D eigenvalue weighted by molar-refractivity contribution is 5.38. The molecule has 0 aliphatic carbocycles. The van der Waals surface area contributed by atoms with E-state index in [2.05, 4.69) is 26.3 Å². The highest BCUT2D eigenvalue weighted by Gasteiger charge is 2.16. The molecule has 0 amide bonds. The number of rotatable bonds is 7. The first-order valence-corrected chi connectivity index (χ1v) is 6.74. The molecule has 110 valence electrons. The predicted molar refractivity (Wildman–Crippen MR) is 77.8 cm³/mol. The molecule has 0 aliphatic rings. The third kappa shape index (κ3) is 4.53. The summed E-state index contributed by atoms with van der Waals surface area (Å²) in [5.41, 5.74) is 0. The van der Waals surface area contributed by atoms with Crippen molar-refractivity contribution in [1.29, 1.82) is 5.26 Å². The summed E-state index contributed by atoms with van der Waals surface area (Å²) in [5, 5.41) is 11.8. The molecule has 1 N–H and O–H groups in total. The summed E-state index contributed by atoms with van der Waals surface area (Å²) in [6.45, 7) is 8.45. The standard InChI is InChI=1S/C13H22N6O/c1-6-15-11-16-12(19(5)10(4)7-8-14)18-13(17-11)20-9(2)3/h9-10H,6-7H2,1-5H3,(H,15,16,17,18). The lowest BCUT2D eigenvalue weighted by Gasteiger charge is -2.23. The molecule has 7 heteroatoms. The average Bonchev–Trinajstić information content (AvgIpc) is 2.37. The number of nitriles is 1. The smallest absolute Gasteiger partial charge is 0.323 e. The summed E-state index contributed by atoms with van der Waals surface area (Å²) >= 11 is 0. The minimum absolute atomic E-state index is 0.0124. The van der Waals surface area contributed by atoms with Gasteiger partial charge < -0.3 is 15.0 Å². The number of hydrogen-bond acceptors (Lipinski definition) is 7. The number of aromatic nitrogens is 3. The van der Waals surface area contributed by atoms with Gasteiger partial charge in [-0.05, 0) is 27.7 Å². The molecule has 0 aromatic carbocycles. The molecule has 1 aromatic heterocycles. The third-order valence-electron chi connectivity index (χ3n) is 2.64. The van der Waals surface area contributed by atoms with E-state index in [1.165, 1.54) is 0 Å². The van der Waals surface area contributed by atoms with Crippen LogP contribution in [0.25, 0.3) is 0 Å². The molecule has 0 saturated heterocycles. The van der Waals surface area contributed by atoms with Gasteiger partial charge in [0.1, 0.15) is 0 Å². The molecule has 1 unspecified atom stereocenters. The van der Waals surface area contributed by atoms with Gasteiger partial charge in [0.15, 0.2) is 0 Å². The van der Waals surface area contributed by atoms with E-state index in [1.807, 2.05) is 39.6 Å². The van der Waals surface area contributed by atoms with Crippen LogP contribution in [0.4, 0.5) is 11.9 Å². The predicted octanol–water partition coefficient (Wildman–Crippen LogP) is 1.83. The van der Waals surface area contributed by atoms with Crippen molar-refractivity contribution >= 4 is 11.9 Å². The number of nitrogens with one attached hydrogen (secondary N) is 1. The molecule has 0 aliphatic heterocycles. The fraction of sp³-hybridized carbons (Fsp3) is 0.692. The van der Waals surface area contributed by atoms with Gasteiger partial charge in [-0.25, -0.2) is 0 Å².